The summed E-state index contributed by atoms with van der Waals surface area (Å²) in [5.74, 6) is 7.04. The maximum absolute atomic E-state index is 5.59. The zero-order chi connectivity index (χ0) is 13.1. The third-order valence-electron chi connectivity index (χ3n) is 3.17. The lowest BCUT2D eigenvalue weighted by molar-refractivity contribution is 0.127. The lowest BCUT2D eigenvalue weighted by atomic mass is 10.3. The van der Waals surface area contributed by atoms with E-state index in [4.69, 9.17) is 10.6 Å². The highest BCUT2D eigenvalue weighted by molar-refractivity contribution is 8.00. The molecule has 0 spiro atoms. The first-order chi connectivity index (χ1) is 8.65. The van der Waals surface area contributed by atoms with Crippen LogP contribution in [0.1, 0.15) is 31.7 Å². The number of nitrogens with two attached hydrogens (primary N) is 1. The third kappa shape index (κ3) is 2.76. The quantitative estimate of drug-likeness (QED) is 0.493. The first-order valence-corrected chi connectivity index (χ1v) is 7.16. The summed E-state index contributed by atoms with van der Waals surface area (Å²) in [5, 5.41) is 1.48. The van der Waals surface area contributed by atoms with Gasteiger partial charge < -0.3 is 10.2 Å². The Morgan fingerprint density at radius 3 is 2.83 bits per heavy atom. The molecular formula is C12H20N4OS. The van der Waals surface area contributed by atoms with E-state index in [0.717, 1.165) is 41.7 Å². The Kier molecular flexibility index (Phi) is 4.42. The number of aryl methyl sites for hydroxylation is 1. The van der Waals surface area contributed by atoms with Gasteiger partial charge in [-0.15, -0.1) is 0 Å². The molecule has 1 aromatic rings. The Labute approximate surface area is 112 Å². The highest BCUT2D eigenvalue weighted by Gasteiger charge is 2.26. The summed E-state index contributed by atoms with van der Waals surface area (Å²) < 4.78 is 5.59. The second-order valence-corrected chi connectivity index (χ2v) is 5.67. The molecule has 2 heterocycles. The van der Waals surface area contributed by atoms with Gasteiger partial charge >= 0.3 is 0 Å². The molecule has 1 saturated heterocycles. The van der Waals surface area contributed by atoms with Crippen LogP contribution in [-0.2, 0) is 11.2 Å². The number of thioether (sulfide) groups is 1. The molecule has 1 aliphatic rings. The van der Waals surface area contributed by atoms with Gasteiger partial charge in [0.25, 0.3) is 0 Å². The molecule has 0 amide bonds. The molecule has 1 aliphatic heterocycles. The number of ether oxygens (including phenoxy) is 1. The van der Waals surface area contributed by atoms with Crippen molar-refractivity contribution in [3.63, 3.8) is 0 Å². The molecule has 5 nitrogen and oxygen atoms in total. The van der Waals surface area contributed by atoms with Crippen molar-refractivity contribution in [3.8, 4) is 0 Å². The molecule has 18 heavy (non-hydrogen) atoms. The SMILES string of the molecule is CCc1nc(NN)c(C)c(SC2CCOC2C)n1. The predicted octanol–water partition coefficient (Wildman–Crippen LogP) is 1.90. The zero-order valence-electron chi connectivity index (χ0n) is 11.1. The number of aromatic nitrogens is 2. The number of nitrogens with zero attached hydrogens (tertiary/aromatic N) is 2. The molecular weight excluding hydrogens is 248 g/mol. The van der Waals surface area contributed by atoms with Crippen LogP contribution in [-0.4, -0.2) is 27.9 Å². The molecule has 2 rings (SSSR count). The first-order valence-electron chi connectivity index (χ1n) is 6.28. The normalized spacial score (nSPS) is 23.3. The maximum Gasteiger partial charge on any atom is 0.147 e. The topological polar surface area (TPSA) is 73.1 Å². The molecule has 2 unspecified atom stereocenters. The van der Waals surface area contributed by atoms with Crippen LogP contribution in [0.25, 0.3) is 0 Å². The molecule has 0 aliphatic carbocycles. The van der Waals surface area contributed by atoms with Crippen molar-refractivity contribution in [2.75, 3.05) is 12.0 Å². The van der Waals surface area contributed by atoms with Crippen molar-refractivity contribution >= 4 is 17.6 Å². The second kappa shape index (κ2) is 5.86. The van der Waals surface area contributed by atoms with Gasteiger partial charge in [0.2, 0.25) is 0 Å². The summed E-state index contributed by atoms with van der Waals surface area (Å²) >= 11 is 1.77. The number of hydrogen-bond donors (Lipinski definition) is 2. The van der Waals surface area contributed by atoms with E-state index in [0.29, 0.717) is 5.25 Å². The van der Waals surface area contributed by atoms with Gasteiger partial charge in [0.05, 0.1) is 6.10 Å². The van der Waals surface area contributed by atoms with Gasteiger partial charge in [0.15, 0.2) is 0 Å². The minimum atomic E-state index is 0.281. The Balaban J connectivity index is 2.25. The van der Waals surface area contributed by atoms with Gasteiger partial charge in [-0.3, -0.25) is 0 Å². The minimum Gasteiger partial charge on any atom is -0.377 e. The molecule has 3 N–H and O–H groups in total. The maximum atomic E-state index is 5.59. The van der Waals surface area contributed by atoms with E-state index in [-0.39, 0.29) is 6.10 Å². The van der Waals surface area contributed by atoms with Gasteiger partial charge in [-0.1, -0.05) is 18.7 Å². The number of nitrogen functional groups attached to an aromatic ring is 1. The molecule has 0 saturated carbocycles. The summed E-state index contributed by atoms with van der Waals surface area (Å²) in [7, 11) is 0. The highest BCUT2D eigenvalue weighted by Crippen LogP contribution is 2.34. The first kappa shape index (κ1) is 13.6. The fourth-order valence-electron chi connectivity index (χ4n) is 1.96. The van der Waals surface area contributed by atoms with Crippen molar-refractivity contribution < 1.29 is 4.74 Å². The van der Waals surface area contributed by atoms with Crippen molar-refractivity contribution in [1.29, 1.82) is 0 Å². The van der Waals surface area contributed by atoms with E-state index in [1.807, 2.05) is 13.8 Å². The van der Waals surface area contributed by atoms with Crippen molar-refractivity contribution in [1.82, 2.24) is 9.97 Å². The van der Waals surface area contributed by atoms with E-state index >= 15 is 0 Å². The lowest BCUT2D eigenvalue weighted by Crippen LogP contribution is -2.16. The van der Waals surface area contributed by atoms with E-state index < -0.39 is 0 Å². The van der Waals surface area contributed by atoms with E-state index in [1.54, 1.807) is 11.8 Å². The summed E-state index contributed by atoms with van der Waals surface area (Å²) in [4.78, 5) is 8.97. The van der Waals surface area contributed by atoms with E-state index in [9.17, 15) is 0 Å². The fourth-order valence-corrected chi connectivity index (χ4v) is 3.17. The van der Waals surface area contributed by atoms with Crippen molar-refractivity contribution in [2.45, 2.75) is 50.0 Å². The smallest absolute Gasteiger partial charge is 0.147 e. The van der Waals surface area contributed by atoms with E-state index in [1.165, 1.54) is 0 Å². The Morgan fingerprint density at radius 1 is 1.50 bits per heavy atom. The predicted molar refractivity (Wildman–Crippen MR) is 73.6 cm³/mol. The second-order valence-electron chi connectivity index (χ2n) is 4.44. The van der Waals surface area contributed by atoms with Crippen LogP contribution in [0, 0.1) is 6.92 Å². The number of anilines is 1. The molecule has 0 aromatic carbocycles. The van der Waals surface area contributed by atoms with Crippen LogP contribution < -0.4 is 11.3 Å². The Hall–Kier alpha value is -0.850. The number of hydrogen-bond acceptors (Lipinski definition) is 6. The van der Waals surface area contributed by atoms with Crippen LogP contribution in [0.5, 0.6) is 0 Å². The van der Waals surface area contributed by atoms with Crippen LogP contribution in [0.4, 0.5) is 5.82 Å². The molecule has 2 atom stereocenters. The average molecular weight is 268 g/mol. The Bertz CT molecular complexity index is 427. The van der Waals surface area contributed by atoms with Crippen molar-refractivity contribution in [3.05, 3.63) is 11.4 Å². The molecule has 100 valence electrons. The number of hydrazine groups is 1. The Morgan fingerprint density at radius 2 is 2.28 bits per heavy atom. The average Bonchev–Trinajstić information content (AvgIpc) is 2.77. The van der Waals surface area contributed by atoms with Gasteiger partial charge in [0, 0.05) is 23.8 Å². The zero-order valence-corrected chi connectivity index (χ0v) is 11.9. The largest absolute Gasteiger partial charge is 0.377 e. The third-order valence-corrected chi connectivity index (χ3v) is 4.71. The standard InChI is InChI=1S/C12H20N4OS/c1-4-10-14-11(16-13)7(2)12(15-10)18-9-5-6-17-8(9)3/h8-9H,4-6,13H2,1-3H3,(H,14,15,16). The van der Waals surface area contributed by atoms with Crippen LogP contribution in [0.3, 0.4) is 0 Å². The lowest BCUT2D eigenvalue weighted by Gasteiger charge is -2.16. The van der Waals surface area contributed by atoms with Gasteiger partial charge in [0.1, 0.15) is 16.7 Å². The van der Waals surface area contributed by atoms with Gasteiger partial charge in [-0.25, -0.2) is 15.8 Å². The molecule has 0 bridgehead atoms. The summed E-state index contributed by atoms with van der Waals surface area (Å²) in [5.41, 5.74) is 3.66. The van der Waals surface area contributed by atoms with E-state index in [2.05, 4.69) is 22.3 Å². The summed E-state index contributed by atoms with van der Waals surface area (Å²) in [6, 6.07) is 0. The molecule has 1 fully saturated rings. The number of nitrogens with one attached hydrogen (secondary N) is 1. The van der Waals surface area contributed by atoms with Gasteiger partial charge in [-0.2, -0.15) is 0 Å². The highest BCUT2D eigenvalue weighted by atomic mass is 32.2. The van der Waals surface area contributed by atoms with Gasteiger partial charge in [-0.05, 0) is 20.3 Å². The summed E-state index contributed by atoms with van der Waals surface area (Å²) in [6.45, 7) is 6.99. The fraction of sp³-hybridized carbons (Fsp3) is 0.667. The monoisotopic (exact) mass is 268 g/mol. The molecule has 1 aromatic heterocycles. The van der Waals surface area contributed by atoms with Crippen LogP contribution in [0.2, 0.25) is 0 Å². The molecule has 0 radical (unpaired) electrons. The van der Waals surface area contributed by atoms with Crippen LogP contribution in [0.15, 0.2) is 5.03 Å². The van der Waals surface area contributed by atoms with Crippen molar-refractivity contribution in [2.24, 2.45) is 5.84 Å². The van der Waals surface area contributed by atoms with Crippen LogP contribution >= 0.6 is 11.8 Å². The molecule has 6 heteroatoms. The number of rotatable bonds is 4. The summed E-state index contributed by atoms with van der Waals surface area (Å²) in [6.07, 6.45) is 2.16. The minimum absolute atomic E-state index is 0.281.